The lowest BCUT2D eigenvalue weighted by Gasteiger charge is -2.27. The summed E-state index contributed by atoms with van der Waals surface area (Å²) in [6, 6.07) is 6.31. The van der Waals surface area contributed by atoms with Crippen LogP contribution < -0.4 is 9.64 Å². The molecule has 0 bridgehead atoms. The van der Waals surface area contributed by atoms with Crippen LogP contribution in [0.15, 0.2) is 41.3 Å². The average Bonchev–Trinajstić information content (AvgIpc) is 2.86. The van der Waals surface area contributed by atoms with Crippen molar-refractivity contribution in [2.75, 3.05) is 66.0 Å². The predicted octanol–water partition coefficient (Wildman–Crippen LogP) is 4.11. The summed E-state index contributed by atoms with van der Waals surface area (Å²) >= 11 is 0. The normalized spacial score (nSPS) is 12.1. The summed E-state index contributed by atoms with van der Waals surface area (Å²) in [7, 11) is 2.18. The van der Waals surface area contributed by atoms with Crippen LogP contribution in [-0.2, 0) is 20.9 Å². The highest BCUT2D eigenvalue weighted by Crippen LogP contribution is 2.34. The number of carbonyl (C=O) groups excluding carboxylic acids is 1. The second-order valence-electron chi connectivity index (χ2n) is 8.63. The van der Waals surface area contributed by atoms with Crippen molar-refractivity contribution >= 4 is 21.6 Å². The zero-order chi connectivity index (χ0) is 28.7. The van der Waals surface area contributed by atoms with Gasteiger partial charge in [0.05, 0.1) is 28.3 Å². The molecule has 0 N–H and O–H groups in total. The van der Waals surface area contributed by atoms with Gasteiger partial charge in [-0.1, -0.05) is 6.92 Å². The Kier molecular flexibility index (Phi) is 10.9. The number of likely N-dealkylation sites (N-methyl/N-ethyl adjacent to an activating group) is 2. The molecule has 0 aliphatic rings. The number of benzene rings is 2. The Labute approximate surface area is 220 Å². The molecule has 0 aliphatic carbocycles. The number of alkyl halides is 3. The smallest absolute Gasteiger partial charge is 0.417 e. The molecule has 0 radical (unpaired) electrons. The van der Waals surface area contributed by atoms with E-state index in [0.29, 0.717) is 37.1 Å². The third kappa shape index (κ3) is 7.81. The number of amides is 1. The van der Waals surface area contributed by atoms with Crippen molar-refractivity contribution in [2.24, 2.45) is 0 Å². The van der Waals surface area contributed by atoms with E-state index in [4.69, 9.17) is 9.47 Å². The molecule has 212 valence electrons. The van der Waals surface area contributed by atoms with Gasteiger partial charge in [0.25, 0.3) is 5.91 Å². The molecule has 2 aromatic carbocycles. The van der Waals surface area contributed by atoms with E-state index < -0.39 is 39.1 Å². The summed E-state index contributed by atoms with van der Waals surface area (Å²) < 4.78 is 91.6. The standard InChI is InChI=1S/C25H33F4N3O5S/c1-6-11-32(4)38(34,35)19-8-10-23(37-15-14-36-5)22(17-19)30(2)12-13-31(3)24(33)20-9-7-18(26)16-21(20)25(27,28)29/h7-10,16-17H,6,11-15H2,1-5H3. The summed E-state index contributed by atoms with van der Waals surface area (Å²) in [4.78, 5) is 15.6. The summed E-state index contributed by atoms with van der Waals surface area (Å²) in [5, 5.41) is 0. The second kappa shape index (κ2) is 13.3. The number of nitrogens with zero attached hydrogens (tertiary/aromatic N) is 3. The van der Waals surface area contributed by atoms with Crippen LogP contribution >= 0.6 is 0 Å². The van der Waals surface area contributed by atoms with Crippen LogP contribution in [0.5, 0.6) is 5.75 Å². The van der Waals surface area contributed by atoms with E-state index in [1.807, 2.05) is 6.92 Å². The van der Waals surface area contributed by atoms with Crippen LogP contribution in [0.25, 0.3) is 0 Å². The fourth-order valence-corrected chi connectivity index (χ4v) is 4.88. The van der Waals surface area contributed by atoms with E-state index in [1.54, 1.807) is 11.9 Å². The number of ether oxygens (including phenoxy) is 2. The Balaban J connectivity index is 2.30. The Hall–Kier alpha value is -2.90. The van der Waals surface area contributed by atoms with E-state index in [2.05, 4.69) is 0 Å². The maximum absolute atomic E-state index is 13.4. The lowest BCUT2D eigenvalue weighted by Crippen LogP contribution is -2.36. The zero-order valence-electron chi connectivity index (χ0n) is 22.0. The minimum atomic E-state index is -4.91. The first-order valence-corrected chi connectivity index (χ1v) is 13.2. The SMILES string of the molecule is CCCN(C)S(=O)(=O)c1ccc(OCCOC)c(N(C)CCN(C)C(=O)c2ccc(F)cc2C(F)(F)F)c1. The second-order valence-corrected chi connectivity index (χ2v) is 10.7. The number of hydrogen-bond donors (Lipinski definition) is 0. The highest BCUT2D eigenvalue weighted by molar-refractivity contribution is 7.89. The van der Waals surface area contributed by atoms with E-state index in [0.717, 1.165) is 17.0 Å². The van der Waals surface area contributed by atoms with Crippen LogP contribution in [0, 0.1) is 5.82 Å². The Bertz CT molecular complexity index is 1210. The van der Waals surface area contributed by atoms with Gasteiger partial charge in [-0.3, -0.25) is 4.79 Å². The minimum absolute atomic E-state index is 0.0196. The Morgan fingerprint density at radius 2 is 1.66 bits per heavy atom. The average molecular weight is 564 g/mol. The van der Waals surface area contributed by atoms with Gasteiger partial charge < -0.3 is 19.3 Å². The van der Waals surface area contributed by atoms with E-state index in [-0.39, 0.29) is 24.6 Å². The number of hydrogen-bond acceptors (Lipinski definition) is 6. The number of carbonyl (C=O) groups is 1. The quantitative estimate of drug-likeness (QED) is 0.270. The van der Waals surface area contributed by atoms with Crippen LogP contribution in [0.4, 0.5) is 23.2 Å². The predicted molar refractivity (Wildman–Crippen MR) is 136 cm³/mol. The van der Waals surface area contributed by atoms with Gasteiger partial charge >= 0.3 is 6.18 Å². The number of anilines is 1. The van der Waals surface area contributed by atoms with Crippen molar-refractivity contribution in [3.63, 3.8) is 0 Å². The molecular weight excluding hydrogens is 530 g/mol. The molecule has 0 saturated carbocycles. The highest BCUT2D eigenvalue weighted by atomic mass is 32.2. The molecule has 8 nitrogen and oxygen atoms in total. The first kappa shape index (κ1) is 31.3. The molecular formula is C25H33F4N3O5S. The van der Waals surface area contributed by atoms with Gasteiger partial charge in [-0.15, -0.1) is 0 Å². The van der Waals surface area contributed by atoms with Crippen molar-refractivity contribution in [3.05, 3.63) is 53.3 Å². The molecule has 2 aromatic rings. The molecule has 0 atom stereocenters. The molecule has 2 rings (SSSR count). The molecule has 0 aliphatic heterocycles. The molecule has 0 aromatic heterocycles. The number of methoxy groups -OCH3 is 1. The van der Waals surface area contributed by atoms with Crippen molar-refractivity contribution in [1.82, 2.24) is 9.21 Å². The minimum Gasteiger partial charge on any atom is -0.489 e. The van der Waals surface area contributed by atoms with E-state index >= 15 is 0 Å². The van der Waals surface area contributed by atoms with Gasteiger partial charge in [0.1, 0.15) is 18.2 Å². The lowest BCUT2D eigenvalue weighted by molar-refractivity contribution is -0.138. The molecule has 0 fully saturated rings. The molecule has 0 spiro atoms. The maximum atomic E-state index is 13.4. The van der Waals surface area contributed by atoms with Gasteiger partial charge in [0.2, 0.25) is 10.0 Å². The van der Waals surface area contributed by atoms with Crippen molar-refractivity contribution < 1.29 is 40.2 Å². The molecule has 38 heavy (non-hydrogen) atoms. The van der Waals surface area contributed by atoms with Crippen molar-refractivity contribution in [2.45, 2.75) is 24.4 Å². The third-order valence-electron chi connectivity index (χ3n) is 5.77. The van der Waals surface area contributed by atoms with Gasteiger partial charge in [-0.25, -0.2) is 17.1 Å². The molecule has 0 unspecified atom stereocenters. The van der Waals surface area contributed by atoms with Gasteiger partial charge in [-0.2, -0.15) is 13.2 Å². The Morgan fingerprint density at radius 3 is 2.26 bits per heavy atom. The number of halogens is 4. The van der Waals surface area contributed by atoms with Crippen molar-refractivity contribution in [3.8, 4) is 5.75 Å². The number of sulfonamides is 1. The summed E-state index contributed by atoms with van der Waals surface area (Å²) in [6.45, 7) is 2.78. The third-order valence-corrected chi connectivity index (χ3v) is 7.62. The fourth-order valence-electron chi connectivity index (χ4n) is 3.59. The van der Waals surface area contributed by atoms with Crippen LogP contribution in [0.3, 0.4) is 0 Å². The fraction of sp³-hybridized carbons (Fsp3) is 0.480. The van der Waals surface area contributed by atoms with Crippen LogP contribution in [0.2, 0.25) is 0 Å². The van der Waals surface area contributed by atoms with Crippen LogP contribution in [-0.4, -0.2) is 84.6 Å². The lowest BCUT2D eigenvalue weighted by atomic mass is 10.1. The largest absolute Gasteiger partial charge is 0.489 e. The first-order valence-electron chi connectivity index (χ1n) is 11.8. The highest BCUT2D eigenvalue weighted by Gasteiger charge is 2.36. The number of rotatable bonds is 13. The molecule has 13 heteroatoms. The molecule has 0 saturated heterocycles. The molecule has 1 amide bonds. The van der Waals surface area contributed by atoms with E-state index in [1.165, 1.54) is 43.7 Å². The van der Waals surface area contributed by atoms with Gasteiger partial charge in [-0.05, 0) is 42.8 Å². The molecule has 0 heterocycles. The van der Waals surface area contributed by atoms with Gasteiger partial charge in [0.15, 0.2) is 0 Å². The maximum Gasteiger partial charge on any atom is 0.417 e. The van der Waals surface area contributed by atoms with Crippen molar-refractivity contribution in [1.29, 1.82) is 0 Å². The summed E-state index contributed by atoms with van der Waals surface area (Å²) in [6.07, 6.45) is -4.28. The zero-order valence-corrected chi connectivity index (χ0v) is 22.8. The topological polar surface area (TPSA) is 79.4 Å². The monoisotopic (exact) mass is 563 g/mol. The van der Waals surface area contributed by atoms with Gasteiger partial charge in [0, 0.05) is 47.9 Å². The van der Waals surface area contributed by atoms with Crippen LogP contribution in [0.1, 0.15) is 29.3 Å². The Morgan fingerprint density at radius 1 is 0.974 bits per heavy atom. The van der Waals surface area contributed by atoms with E-state index in [9.17, 15) is 30.8 Å². The summed E-state index contributed by atoms with van der Waals surface area (Å²) in [5.74, 6) is -1.66. The first-order chi connectivity index (χ1) is 17.7. The summed E-state index contributed by atoms with van der Waals surface area (Å²) in [5.41, 5.74) is -1.61.